The van der Waals surface area contributed by atoms with Gasteiger partial charge in [0, 0.05) is 20.2 Å². The Hall–Kier alpha value is -1.20. The van der Waals surface area contributed by atoms with Crippen LogP contribution in [-0.2, 0) is 6.42 Å². The van der Waals surface area contributed by atoms with Crippen molar-refractivity contribution >= 4 is 45.3 Å². The minimum absolute atomic E-state index is 1.03. The van der Waals surface area contributed by atoms with Gasteiger partial charge in [0.05, 0.1) is 0 Å². The van der Waals surface area contributed by atoms with Gasteiger partial charge < -0.3 is 0 Å². The molecule has 0 aromatic carbocycles. The van der Waals surface area contributed by atoms with Gasteiger partial charge in [-0.25, -0.2) is 0 Å². The molecule has 0 nitrogen and oxygen atoms in total. The Morgan fingerprint density at radius 2 is 1.76 bits per heavy atom. The smallest absolute Gasteiger partial charge is 0.0484 e. The van der Waals surface area contributed by atoms with Crippen LogP contribution in [0.5, 0.6) is 0 Å². The van der Waals surface area contributed by atoms with Gasteiger partial charge >= 0.3 is 0 Å². The van der Waals surface area contributed by atoms with Crippen LogP contribution in [-0.4, -0.2) is 0 Å². The van der Waals surface area contributed by atoms with Crippen molar-refractivity contribution in [2.24, 2.45) is 0 Å². The summed E-state index contributed by atoms with van der Waals surface area (Å²) in [7, 11) is 0. The van der Waals surface area contributed by atoms with Crippen molar-refractivity contribution in [2.75, 3.05) is 0 Å². The summed E-state index contributed by atoms with van der Waals surface area (Å²) < 4.78 is 0. The van der Waals surface area contributed by atoms with E-state index < -0.39 is 0 Å². The average Bonchev–Trinajstić information content (AvgIpc) is 3.28. The lowest BCUT2D eigenvalue weighted by Gasteiger charge is -1.99. The number of thiophene rings is 4. The van der Waals surface area contributed by atoms with Crippen molar-refractivity contribution in [3.05, 3.63) is 68.4 Å². The molecule has 0 aliphatic carbocycles. The molecule has 0 atom stereocenters. The largest absolute Gasteiger partial charge is 0.152 e. The van der Waals surface area contributed by atoms with Gasteiger partial charge in [0.25, 0.3) is 0 Å². The van der Waals surface area contributed by atoms with Crippen molar-refractivity contribution in [3.8, 4) is 20.2 Å². The molecular formula is C17H12S4. The molecule has 0 amide bonds. The Morgan fingerprint density at radius 3 is 2.48 bits per heavy atom. The van der Waals surface area contributed by atoms with Crippen LogP contribution in [0.3, 0.4) is 0 Å². The molecule has 4 heterocycles. The maximum atomic E-state index is 2.37. The Labute approximate surface area is 140 Å². The SMILES string of the molecule is c1csc(-c2sc(-c3ccsc3)cc2Cc2ccsc2)c1. The maximum absolute atomic E-state index is 2.37. The van der Waals surface area contributed by atoms with E-state index in [0.29, 0.717) is 0 Å². The normalized spacial score (nSPS) is 11.0. The van der Waals surface area contributed by atoms with Gasteiger partial charge in [0.2, 0.25) is 0 Å². The van der Waals surface area contributed by atoms with Gasteiger partial charge in [0.1, 0.15) is 0 Å². The fourth-order valence-electron chi connectivity index (χ4n) is 2.34. The summed E-state index contributed by atoms with van der Waals surface area (Å²) in [6, 6.07) is 11.2. The zero-order chi connectivity index (χ0) is 14.1. The predicted octanol–water partition coefficient (Wildman–Crippen LogP) is 6.86. The summed E-state index contributed by atoms with van der Waals surface area (Å²) in [6.07, 6.45) is 1.03. The fourth-order valence-corrected chi connectivity index (χ4v) is 5.80. The van der Waals surface area contributed by atoms with Crippen LogP contribution in [0.4, 0.5) is 0 Å². The van der Waals surface area contributed by atoms with Crippen molar-refractivity contribution in [1.29, 1.82) is 0 Å². The maximum Gasteiger partial charge on any atom is 0.0484 e. The van der Waals surface area contributed by atoms with E-state index in [2.05, 4.69) is 57.2 Å². The van der Waals surface area contributed by atoms with Crippen LogP contribution in [0.15, 0.2) is 57.2 Å². The van der Waals surface area contributed by atoms with E-state index in [4.69, 9.17) is 0 Å². The molecule has 21 heavy (non-hydrogen) atoms. The molecular weight excluding hydrogens is 332 g/mol. The lowest BCUT2D eigenvalue weighted by molar-refractivity contribution is 1.23. The van der Waals surface area contributed by atoms with Crippen LogP contribution in [0.1, 0.15) is 11.1 Å². The Kier molecular flexibility index (Phi) is 3.78. The third kappa shape index (κ3) is 2.77. The highest BCUT2D eigenvalue weighted by atomic mass is 32.1. The van der Waals surface area contributed by atoms with Crippen LogP contribution >= 0.6 is 45.3 Å². The second-order valence-electron chi connectivity index (χ2n) is 4.76. The molecule has 4 aromatic heterocycles. The highest BCUT2D eigenvalue weighted by molar-refractivity contribution is 7.23. The monoisotopic (exact) mass is 344 g/mol. The molecule has 0 unspecified atom stereocenters. The summed E-state index contributed by atoms with van der Waals surface area (Å²) in [6.45, 7) is 0. The van der Waals surface area contributed by atoms with E-state index in [9.17, 15) is 0 Å². The molecule has 0 bridgehead atoms. The molecule has 4 aromatic rings. The first kappa shape index (κ1) is 13.5. The Morgan fingerprint density at radius 1 is 0.857 bits per heavy atom. The zero-order valence-corrected chi connectivity index (χ0v) is 14.4. The molecule has 0 N–H and O–H groups in total. The molecule has 0 fully saturated rings. The minimum atomic E-state index is 1.03. The van der Waals surface area contributed by atoms with Gasteiger partial charge in [-0.1, -0.05) is 6.07 Å². The third-order valence-corrected chi connectivity index (χ3v) is 7.03. The molecule has 0 radical (unpaired) electrons. The van der Waals surface area contributed by atoms with Gasteiger partial charge in [-0.2, -0.15) is 22.7 Å². The van der Waals surface area contributed by atoms with Gasteiger partial charge in [-0.15, -0.1) is 22.7 Å². The van der Waals surface area contributed by atoms with E-state index in [0.717, 1.165) is 6.42 Å². The molecule has 4 rings (SSSR count). The summed E-state index contributed by atoms with van der Waals surface area (Å²) >= 11 is 7.28. The molecule has 4 heteroatoms. The summed E-state index contributed by atoms with van der Waals surface area (Å²) in [5.74, 6) is 0. The van der Waals surface area contributed by atoms with E-state index >= 15 is 0 Å². The molecule has 0 aliphatic heterocycles. The summed E-state index contributed by atoms with van der Waals surface area (Å²) in [5, 5.41) is 11.0. The zero-order valence-electron chi connectivity index (χ0n) is 11.1. The van der Waals surface area contributed by atoms with Gasteiger partial charge in [-0.05, 0) is 68.7 Å². The fraction of sp³-hybridized carbons (Fsp3) is 0.0588. The van der Waals surface area contributed by atoms with E-state index in [1.807, 2.05) is 22.7 Å². The third-order valence-electron chi connectivity index (χ3n) is 3.33. The topological polar surface area (TPSA) is 0 Å². The first-order valence-corrected chi connectivity index (χ1v) is 10.2. The number of rotatable bonds is 4. The summed E-state index contributed by atoms with van der Waals surface area (Å²) in [5.41, 5.74) is 4.20. The van der Waals surface area contributed by atoms with Crippen molar-refractivity contribution in [3.63, 3.8) is 0 Å². The molecule has 0 aliphatic rings. The molecule has 104 valence electrons. The van der Waals surface area contributed by atoms with Crippen molar-refractivity contribution in [1.82, 2.24) is 0 Å². The van der Waals surface area contributed by atoms with E-state index in [-0.39, 0.29) is 0 Å². The second-order valence-corrected chi connectivity index (χ2v) is 8.32. The Bertz CT molecular complexity index is 803. The van der Waals surface area contributed by atoms with E-state index in [1.54, 1.807) is 22.7 Å². The first-order valence-electron chi connectivity index (χ1n) is 6.60. The standard InChI is InChI=1S/C17H12S4/c1-2-15(20-5-1)17-14(8-12-3-6-18-10-12)9-16(21-17)13-4-7-19-11-13/h1-7,9-11H,8H2. The van der Waals surface area contributed by atoms with Crippen molar-refractivity contribution < 1.29 is 0 Å². The summed E-state index contributed by atoms with van der Waals surface area (Å²) in [4.78, 5) is 4.19. The van der Waals surface area contributed by atoms with Crippen LogP contribution in [0.25, 0.3) is 20.2 Å². The van der Waals surface area contributed by atoms with Gasteiger partial charge in [-0.3, -0.25) is 0 Å². The first-order chi connectivity index (χ1) is 10.4. The lowest BCUT2D eigenvalue weighted by Crippen LogP contribution is -1.84. The highest BCUT2D eigenvalue weighted by Gasteiger charge is 2.14. The van der Waals surface area contributed by atoms with Crippen molar-refractivity contribution in [2.45, 2.75) is 6.42 Å². The van der Waals surface area contributed by atoms with E-state index in [1.165, 1.54) is 31.3 Å². The Balaban J connectivity index is 1.79. The number of hydrogen-bond acceptors (Lipinski definition) is 4. The molecule has 0 saturated heterocycles. The highest BCUT2D eigenvalue weighted by Crippen LogP contribution is 2.41. The molecule has 0 spiro atoms. The predicted molar refractivity (Wildman–Crippen MR) is 98.1 cm³/mol. The lowest BCUT2D eigenvalue weighted by atomic mass is 10.1. The minimum Gasteiger partial charge on any atom is -0.152 e. The van der Waals surface area contributed by atoms with Crippen LogP contribution in [0, 0.1) is 0 Å². The second kappa shape index (κ2) is 5.89. The average molecular weight is 345 g/mol. The van der Waals surface area contributed by atoms with Gasteiger partial charge in [0.15, 0.2) is 0 Å². The molecule has 0 saturated carbocycles. The van der Waals surface area contributed by atoms with Crippen LogP contribution in [0.2, 0.25) is 0 Å². The van der Waals surface area contributed by atoms with Crippen LogP contribution < -0.4 is 0 Å². The quantitative estimate of drug-likeness (QED) is 0.379. The number of hydrogen-bond donors (Lipinski definition) is 0.